The van der Waals surface area contributed by atoms with E-state index in [1.807, 2.05) is 24.3 Å². The van der Waals surface area contributed by atoms with Gasteiger partial charge < -0.3 is 9.47 Å². The second kappa shape index (κ2) is 12.7. The first-order valence-corrected chi connectivity index (χ1v) is 11.4. The first-order chi connectivity index (χ1) is 17.7. The average molecular weight is 493 g/mol. The number of ether oxygens (including phenoxy) is 2. The highest BCUT2D eigenvalue weighted by Gasteiger charge is 2.07. The molecule has 0 aromatic heterocycles. The molecule has 37 heavy (non-hydrogen) atoms. The van der Waals surface area contributed by atoms with Gasteiger partial charge in [0.15, 0.2) is 0 Å². The van der Waals surface area contributed by atoms with Gasteiger partial charge in [0, 0.05) is 33.4 Å². The standard InChI is InChI=1S/C32H25FO4/c1-22(2)31(34)36-20-26-9-7-8-24(18-26)13-16-28-17-14-25(19-30(28)33)12-15-27-10-5-6-11-29(27)21-37-32(35)23(3)4/h5-11,14,17-19H,1,3,20-21H2,2,4H3. The van der Waals surface area contributed by atoms with E-state index in [1.165, 1.54) is 6.07 Å². The van der Waals surface area contributed by atoms with Crippen LogP contribution >= 0.6 is 0 Å². The third kappa shape index (κ3) is 8.09. The molecule has 0 spiro atoms. The van der Waals surface area contributed by atoms with Crippen LogP contribution in [0.3, 0.4) is 0 Å². The number of carbonyl (C=O) groups is 2. The Morgan fingerprint density at radius 1 is 0.730 bits per heavy atom. The normalized spacial score (nSPS) is 9.70. The lowest BCUT2D eigenvalue weighted by Gasteiger charge is -2.06. The highest BCUT2D eigenvalue weighted by molar-refractivity contribution is 5.87. The average Bonchev–Trinajstić information content (AvgIpc) is 2.89. The van der Waals surface area contributed by atoms with Crippen LogP contribution in [0.2, 0.25) is 0 Å². The molecule has 0 N–H and O–H groups in total. The van der Waals surface area contributed by atoms with Gasteiger partial charge in [-0.2, -0.15) is 0 Å². The van der Waals surface area contributed by atoms with Crippen molar-refractivity contribution in [3.05, 3.63) is 130 Å². The van der Waals surface area contributed by atoms with Crippen molar-refractivity contribution >= 4 is 11.9 Å². The number of esters is 2. The van der Waals surface area contributed by atoms with E-state index in [0.717, 1.165) is 11.1 Å². The van der Waals surface area contributed by atoms with Crippen LogP contribution in [-0.4, -0.2) is 11.9 Å². The Kier molecular flexibility index (Phi) is 9.19. The van der Waals surface area contributed by atoms with Crippen molar-refractivity contribution in [3.63, 3.8) is 0 Å². The third-order valence-corrected chi connectivity index (χ3v) is 5.02. The second-order valence-electron chi connectivity index (χ2n) is 8.27. The summed E-state index contributed by atoms with van der Waals surface area (Å²) in [4.78, 5) is 23.3. The molecule has 4 nitrogen and oxygen atoms in total. The molecule has 3 aromatic carbocycles. The lowest BCUT2D eigenvalue weighted by atomic mass is 10.1. The molecule has 0 bridgehead atoms. The summed E-state index contributed by atoms with van der Waals surface area (Å²) in [6.07, 6.45) is 0. The quantitative estimate of drug-likeness (QED) is 0.246. The molecule has 0 aliphatic rings. The largest absolute Gasteiger partial charge is 0.457 e. The van der Waals surface area contributed by atoms with E-state index in [2.05, 4.69) is 36.8 Å². The van der Waals surface area contributed by atoms with Crippen molar-refractivity contribution in [1.82, 2.24) is 0 Å². The Bertz CT molecular complexity index is 1490. The lowest BCUT2D eigenvalue weighted by Crippen LogP contribution is -2.05. The van der Waals surface area contributed by atoms with Gasteiger partial charge in [0.1, 0.15) is 19.0 Å². The van der Waals surface area contributed by atoms with E-state index in [0.29, 0.717) is 27.8 Å². The summed E-state index contributed by atoms with van der Waals surface area (Å²) in [6.45, 7) is 10.4. The van der Waals surface area contributed by atoms with Gasteiger partial charge in [-0.05, 0) is 55.8 Å². The van der Waals surface area contributed by atoms with Crippen LogP contribution in [0.5, 0.6) is 0 Å². The SMILES string of the molecule is C=C(C)C(=O)OCc1cccc(C#Cc2ccc(C#Cc3ccccc3COC(=O)C(=C)C)cc2F)c1. The molecular formula is C32H25FO4. The fourth-order valence-corrected chi connectivity index (χ4v) is 3.02. The minimum Gasteiger partial charge on any atom is -0.457 e. The maximum Gasteiger partial charge on any atom is 0.333 e. The van der Waals surface area contributed by atoms with E-state index >= 15 is 0 Å². The Morgan fingerprint density at radius 3 is 2.03 bits per heavy atom. The Morgan fingerprint density at radius 2 is 1.35 bits per heavy atom. The summed E-state index contributed by atoms with van der Waals surface area (Å²) in [5.74, 6) is 10.3. The van der Waals surface area contributed by atoms with Crippen LogP contribution in [-0.2, 0) is 32.3 Å². The van der Waals surface area contributed by atoms with Crippen LogP contribution in [0.15, 0.2) is 91.0 Å². The molecule has 5 heteroatoms. The van der Waals surface area contributed by atoms with Gasteiger partial charge >= 0.3 is 11.9 Å². The summed E-state index contributed by atoms with van der Waals surface area (Å²) < 4.78 is 25.1. The molecule has 0 aliphatic carbocycles. The molecule has 3 rings (SSSR count). The molecule has 0 saturated heterocycles. The number of halogens is 1. The number of hydrogen-bond acceptors (Lipinski definition) is 4. The molecule has 0 radical (unpaired) electrons. The van der Waals surface area contributed by atoms with Crippen molar-refractivity contribution in [2.45, 2.75) is 27.1 Å². The zero-order valence-corrected chi connectivity index (χ0v) is 20.7. The number of hydrogen-bond donors (Lipinski definition) is 0. The summed E-state index contributed by atoms with van der Waals surface area (Å²) in [5.41, 5.74) is 4.21. The minimum atomic E-state index is -0.491. The second-order valence-corrected chi connectivity index (χ2v) is 8.27. The Hall–Kier alpha value is -4.87. The summed E-state index contributed by atoms with van der Waals surface area (Å²) in [5, 5.41) is 0. The summed E-state index contributed by atoms with van der Waals surface area (Å²) in [6, 6.07) is 19.0. The molecule has 0 aliphatic heterocycles. The fourth-order valence-electron chi connectivity index (χ4n) is 3.02. The van der Waals surface area contributed by atoms with Crippen LogP contribution in [0.25, 0.3) is 0 Å². The predicted octanol–water partition coefficient (Wildman–Crippen LogP) is 5.86. The zero-order chi connectivity index (χ0) is 26.8. The van der Waals surface area contributed by atoms with Gasteiger partial charge in [-0.15, -0.1) is 0 Å². The lowest BCUT2D eigenvalue weighted by molar-refractivity contribution is -0.141. The molecule has 3 aromatic rings. The monoisotopic (exact) mass is 492 g/mol. The molecule has 0 amide bonds. The van der Waals surface area contributed by atoms with Crippen molar-refractivity contribution in [1.29, 1.82) is 0 Å². The third-order valence-electron chi connectivity index (χ3n) is 5.02. The van der Waals surface area contributed by atoms with E-state index < -0.39 is 17.8 Å². The maximum absolute atomic E-state index is 14.7. The molecule has 0 unspecified atom stereocenters. The fraction of sp³-hybridized carbons (Fsp3) is 0.125. The number of benzene rings is 3. The topological polar surface area (TPSA) is 52.6 Å². The number of rotatable bonds is 6. The molecule has 0 heterocycles. The van der Waals surface area contributed by atoms with Gasteiger partial charge in [0.2, 0.25) is 0 Å². The first-order valence-electron chi connectivity index (χ1n) is 11.4. The highest BCUT2D eigenvalue weighted by Crippen LogP contribution is 2.13. The highest BCUT2D eigenvalue weighted by atomic mass is 19.1. The van der Waals surface area contributed by atoms with Gasteiger partial charge in [0.05, 0.1) is 5.56 Å². The molecule has 0 atom stereocenters. The van der Waals surface area contributed by atoms with E-state index in [4.69, 9.17) is 9.47 Å². The zero-order valence-electron chi connectivity index (χ0n) is 20.7. The van der Waals surface area contributed by atoms with Crippen LogP contribution < -0.4 is 0 Å². The van der Waals surface area contributed by atoms with Crippen molar-refractivity contribution in [2.24, 2.45) is 0 Å². The molecule has 184 valence electrons. The van der Waals surface area contributed by atoms with Gasteiger partial charge in [-0.3, -0.25) is 0 Å². The summed E-state index contributed by atoms with van der Waals surface area (Å²) >= 11 is 0. The smallest absolute Gasteiger partial charge is 0.333 e. The molecule has 0 saturated carbocycles. The van der Waals surface area contributed by atoms with E-state index in [1.54, 1.807) is 50.2 Å². The maximum atomic E-state index is 14.7. The van der Waals surface area contributed by atoms with Crippen molar-refractivity contribution < 1.29 is 23.5 Å². The van der Waals surface area contributed by atoms with E-state index in [9.17, 15) is 14.0 Å². The van der Waals surface area contributed by atoms with Crippen LogP contribution in [0.4, 0.5) is 4.39 Å². The van der Waals surface area contributed by atoms with Crippen molar-refractivity contribution in [3.8, 4) is 23.7 Å². The molecule has 0 fully saturated rings. The first kappa shape index (κ1) is 26.7. The van der Waals surface area contributed by atoms with Gasteiger partial charge in [-0.25, -0.2) is 14.0 Å². The Labute approximate surface area is 216 Å². The van der Waals surface area contributed by atoms with E-state index in [-0.39, 0.29) is 18.8 Å². The Balaban J connectivity index is 1.72. The molecular weight excluding hydrogens is 467 g/mol. The van der Waals surface area contributed by atoms with Gasteiger partial charge in [-0.1, -0.05) is 67.2 Å². The van der Waals surface area contributed by atoms with Crippen molar-refractivity contribution in [2.75, 3.05) is 0 Å². The minimum absolute atomic E-state index is 0.0664. The predicted molar refractivity (Wildman–Crippen MR) is 140 cm³/mol. The van der Waals surface area contributed by atoms with Gasteiger partial charge in [0.25, 0.3) is 0 Å². The number of carbonyl (C=O) groups excluding carboxylic acids is 2. The van der Waals surface area contributed by atoms with Crippen LogP contribution in [0.1, 0.15) is 47.2 Å². The summed E-state index contributed by atoms with van der Waals surface area (Å²) in [7, 11) is 0. The van der Waals surface area contributed by atoms with Crippen LogP contribution in [0, 0.1) is 29.5 Å².